The van der Waals surface area contributed by atoms with E-state index in [9.17, 15) is 0 Å². The minimum Gasteiger partial charge on any atom is -0.256 e. The van der Waals surface area contributed by atoms with Crippen LogP contribution in [0.15, 0.2) is 27.3 Å². The van der Waals surface area contributed by atoms with Crippen molar-refractivity contribution in [2.45, 2.75) is 6.04 Å². The molecule has 0 N–H and O–H groups in total. The van der Waals surface area contributed by atoms with Gasteiger partial charge in [-0.2, -0.15) is 0 Å². The van der Waals surface area contributed by atoms with Crippen LogP contribution in [0.1, 0.15) is 0 Å². The Morgan fingerprint density at radius 3 is 3.00 bits per heavy atom. The molecule has 0 aromatic carbocycles. The molecule has 2 rings (SSSR count). The maximum absolute atomic E-state index is 4.19. The van der Waals surface area contributed by atoms with E-state index in [0.29, 0.717) is 4.74 Å². The fourth-order valence-electron chi connectivity index (χ4n) is 0.934. The number of fused-ring (bicyclic) bond motifs is 1. The van der Waals surface area contributed by atoms with E-state index in [2.05, 4.69) is 46.8 Å². The zero-order chi connectivity index (χ0) is 7.84. The third-order valence-corrected chi connectivity index (χ3v) is 2.38. The van der Waals surface area contributed by atoms with Crippen molar-refractivity contribution in [3.63, 3.8) is 0 Å². The van der Waals surface area contributed by atoms with Crippen LogP contribution in [0.3, 0.4) is 0 Å². The number of halogens is 2. The third-order valence-electron chi connectivity index (χ3n) is 1.41. The maximum atomic E-state index is 4.19. The molecule has 0 aromatic heterocycles. The molecule has 5 heteroatoms. The summed E-state index contributed by atoms with van der Waals surface area (Å²) >= 11 is 6.51. The summed E-state index contributed by atoms with van der Waals surface area (Å²) in [5.74, 6) is 0. The Bertz CT molecular complexity index is 314. The molecule has 3 nitrogen and oxygen atoms in total. The smallest absolute Gasteiger partial charge is 0.194 e. The van der Waals surface area contributed by atoms with Gasteiger partial charge >= 0.3 is 0 Å². The lowest BCUT2D eigenvalue weighted by molar-refractivity contribution is 1.11. The van der Waals surface area contributed by atoms with Gasteiger partial charge in [0.2, 0.25) is 0 Å². The van der Waals surface area contributed by atoms with E-state index in [1.807, 2.05) is 6.08 Å². The average molecular weight is 277 g/mol. The number of hydrogen-bond donors (Lipinski definition) is 0. The second-order valence-corrected chi connectivity index (χ2v) is 3.56. The van der Waals surface area contributed by atoms with Crippen LogP contribution in [-0.4, -0.2) is 21.1 Å². The van der Waals surface area contributed by atoms with Gasteiger partial charge in [0.25, 0.3) is 0 Å². The van der Waals surface area contributed by atoms with Crippen molar-refractivity contribution in [1.29, 1.82) is 0 Å². The number of rotatable bonds is 0. The van der Waals surface area contributed by atoms with Crippen molar-refractivity contribution >= 4 is 46.9 Å². The van der Waals surface area contributed by atoms with E-state index >= 15 is 0 Å². The van der Waals surface area contributed by atoms with Gasteiger partial charge in [0, 0.05) is 6.20 Å². The van der Waals surface area contributed by atoms with Crippen molar-refractivity contribution in [1.82, 2.24) is 0 Å². The summed E-state index contributed by atoms with van der Waals surface area (Å²) in [6.45, 7) is 0. The van der Waals surface area contributed by atoms with Gasteiger partial charge in [-0.05, 0) is 37.9 Å². The standard InChI is InChI=1S/C6H3Br2N3/c7-5-4-3(1-2-9-4)10-6(8)11-5/h1-3H. The molecule has 0 aliphatic carbocycles. The van der Waals surface area contributed by atoms with E-state index < -0.39 is 0 Å². The normalized spacial score (nSPS) is 27.5. The van der Waals surface area contributed by atoms with Crippen LogP contribution in [0.25, 0.3) is 0 Å². The Labute approximate surface area is 80.3 Å². The van der Waals surface area contributed by atoms with E-state index in [0.717, 1.165) is 10.3 Å². The molecule has 0 aromatic rings. The van der Waals surface area contributed by atoms with E-state index in [4.69, 9.17) is 0 Å². The highest BCUT2D eigenvalue weighted by Crippen LogP contribution is 2.17. The highest BCUT2D eigenvalue weighted by atomic mass is 79.9. The molecule has 1 unspecified atom stereocenters. The van der Waals surface area contributed by atoms with Gasteiger partial charge in [-0.15, -0.1) is 0 Å². The van der Waals surface area contributed by atoms with Crippen LogP contribution in [-0.2, 0) is 0 Å². The SMILES string of the molecule is BrC1=NC2C=CN=C2C(Br)=N1. The first kappa shape index (κ1) is 7.36. The number of nitrogens with zero attached hydrogens (tertiary/aromatic N) is 3. The van der Waals surface area contributed by atoms with Crippen molar-refractivity contribution in [2.75, 3.05) is 0 Å². The van der Waals surface area contributed by atoms with Crippen LogP contribution in [0.2, 0.25) is 0 Å². The molecule has 2 aliphatic heterocycles. The van der Waals surface area contributed by atoms with Gasteiger partial charge in [0.15, 0.2) is 4.74 Å². The fourth-order valence-corrected chi connectivity index (χ4v) is 2.07. The summed E-state index contributed by atoms with van der Waals surface area (Å²) in [6.07, 6.45) is 3.67. The third kappa shape index (κ3) is 1.22. The first-order valence-electron chi connectivity index (χ1n) is 2.99. The zero-order valence-electron chi connectivity index (χ0n) is 5.33. The van der Waals surface area contributed by atoms with Gasteiger partial charge in [0.1, 0.15) is 16.4 Å². The average Bonchev–Trinajstić information content (AvgIpc) is 2.34. The predicted octanol–water partition coefficient (Wildman–Crippen LogP) is 1.88. The van der Waals surface area contributed by atoms with Gasteiger partial charge in [0.05, 0.1) is 0 Å². The minimum absolute atomic E-state index is 0.0521. The molecule has 11 heavy (non-hydrogen) atoms. The lowest BCUT2D eigenvalue weighted by atomic mass is 10.2. The molecular formula is C6H3Br2N3. The second kappa shape index (κ2) is 2.64. The summed E-state index contributed by atoms with van der Waals surface area (Å²) in [4.78, 5) is 12.4. The maximum Gasteiger partial charge on any atom is 0.194 e. The number of hydrogen-bond acceptors (Lipinski definition) is 3. The lowest BCUT2D eigenvalue weighted by Crippen LogP contribution is -2.24. The summed E-state index contributed by atoms with van der Waals surface area (Å²) < 4.78 is 1.37. The van der Waals surface area contributed by atoms with Gasteiger partial charge in [-0.25, -0.2) is 9.98 Å². The second-order valence-electron chi connectivity index (χ2n) is 2.10. The van der Waals surface area contributed by atoms with Crippen LogP contribution in [0, 0.1) is 0 Å². The minimum atomic E-state index is 0.0521. The van der Waals surface area contributed by atoms with Crippen molar-refractivity contribution in [3.05, 3.63) is 12.3 Å². The predicted molar refractivity (Wildman–Crippen MR) is 53.1 cm³/mol. The topological polar surface area (TPSA) is 37.1 Å². The van der Waals surface area contributed by atoms with Crippen molar-refractivity contribution in [2.24, 2.45) is 15.0 Å². The molecule has 0 spiro atoms. The first-order valence-corrected chi connectivity index (χ1v) is 4.58. The molecule has 0 amide bonds. The van der Waals surface area contributed by atoms with E-state index in [-0.39, 0.29) is 6.04 Å². The molecule has 0 saturated carbocycles. The molecule has 0 fully saturated rings. The summed E-state index contributed by atoms with van der Waals surface area (Å²) in [5.41, 5.74) is 0.883. The Morgan fingerprint density at radius 2 is 2.18 bits per heavy atom. The molecule has 1 atom stereocenters. The Morgan fingerprint density at radius 1 is 1.36 bits per heavy atom. The Kier molecular flexibility index (Phi) is 1.77. The van der Waals surface area contributed by atoms with Gasteiger partial charge in [-0.3, -0.25) is 4.99 Å². The molecule has 0 saturated heterocycles. The van der Waals surface area contributed by atoms with Crippen LogP contribution in [0.4, 0.5) is 0 Å². The molecule has 2 aliphatic rings. The lowest BCUT2D eigenvalue weighted by Gasteiger charge is -2.10. The fraction of sp³-hybridized carbons (Fsp3) is 0.167. The summed E-state index contributed by atoms with van der Waals surface area (Å²) in [6, 6.07) is 0.0521. The van der Waals surface area contributed by atoms with E-state index in [1.54, 1.807) is 6.20 Å². The Balaban J connectivity index is 2.45. The van der Waals surface area contributed by atoms with Crippen LogP contribution >= 0.6 is 31.9 Å². The van der Waals surface area contributed by atoms with Crippen molar-refractivity contribution < 1.29 is 0 Å². The molecule has 56 valence electrons. The van der Waals surface area contributed by atoms with Gasteiger partial charge in [-0.1, -0.05) is 0 Å². The number of aliphatic imine (C=N–C) groups is 3. The van der Waals surface area contributed by atoms with Gasteiger partial charge < -0.3 is 0 Å². The van der Waals surface area contributed by atoms with E-state index in [1.165, 1.54) is 0 Å². The molecular weight excluding hydrogens is 274 g/mol. The van der Waals surface area contributed by atoms with Crippen molar-refractivity contribution in [3.8, 4) is 0 Å². The quantitative estimate of drug-likeness (QED) is 0.606. The van der Waals surface area contributed by atoms with Crippen LogP contribution < -0.4 is 0 Å². The molecule has 0 radical (unpaired) electrons. The van der Waals surface area contributed by atoms with Crippen LogP contribution in [0.5, 0.6) is 0 Å². The zero-order valence-corrected chi connectivity index (χ0v) is 8.50. The highest BCUT2D eigenvalue weighted by molar-refractivity contribution is 9.19. The Hall–Kier alpha value is -0.290. The molecule has 2 heterocycles. The largest absolute Gasteiger partial charge is 0.256 e. The first-order chi connectivity index (χ1) is 5.27. The summed E-state index contributed by atoms with van der Waals surface area (Å²) in [7, 11) is 0. The monoisotopic (exact) mass is 275 g/mol. The number of amidine groups is 1. The highest BCUT2D eigenvalue weighted by Gasteiger charge is 2.23. The summed E-state index contributed by atoms with van der Waals surface area (Å²) in [5, 5.41) is 0. The molecule has 0 bridgehead atoms.